The predicted molar refractivity (Wildman–Crippen MR) is 87.1 cm³/mol. The Morgan fingerprint density at radius 2 is 1.76 bits per heavy atom. The van der Waals surface area contributed by atoms with Crippen molar-refractivity contribution in [3.8, 4) is 0 Å². The highest BCUT2D eigenvalue weighted by Crippen LogP contribution is 2.29. The van der Waals surface area contributed by atoms with Gasteiger partial charge < -0.3 is 5.32 Å². The molecule has 4 nitrogen and oxygen atoms in total. The first kappa shape index (κ1) is 17.4. The van der Waals surface area contributed by atoms with E-state index in [1.807, 2.05) is 30.3 Å². The number of nitrogens with one attached hydrogen (secondary N) is 3. The van der Waals surface area contributed by atoms with Gasteiger partial charge in [-0.25, -0.2) is 5.43 Å². The van der Waals surface area contributed by atoms with Crippen LogP contribution in [0.3, 0.4) is 0 Å². The molecule has 0 radical (unpaired) electrons. The van der Waals surface area contributed by atoms with Crippen molar-refractivity contribution in [2.45, 2.75) is 18.8 Å². The highest BCUT2D eigenvalue weighted by Gasteiger charge is 2.33. The van der Waals surface area contributed by atoms with Crippen molar-refractivity contribution < 1.29 is 18.0 Å². The van der Waals surface area contributed by atoms with Gasteiger partial charge in [0, 0.05) is 13.1 Å². The number of hydrogen-bond acceptors (Lipinski definition) is 3. The van der Waals surface area contributed by atoms with Crippen LogP contribution in [-0.2, 0) is 17.5 Å². The van der Waals surface area contributed by atoms with Gasteiger partial charge >= 0.3 is 6.18 Å². The Hall–Kier alpha value is -2.38. The smallest absolute Gasteiger partial charge is 0.352 e. The van der Waals surface area contributed by atoms with Crippen molar-refractivity contribution in [3.63, 3.8) is 0 Å². The Kier molecular flexibility index (Phi) is 5.06. The monoisotopic (exact) mass is 349 g/mol. The number of halogens is 3. The molecule has 1 fully saturated rings. The Balaban J connectivity index is 1.60. The summed E-state index contributed by atoms with van der Waals surface area (Å²) in [6, 6.07) is 14.3. The zero-order valence-corrected chi connectivity index (χ0v) is 13.3. The summed E-state index contributed by atoms with van der Waals surface area (Å²) in [5.41, 5.74) is 7.00. The van der Waals surface area contributed by atoms with Gasteiger partial charge in [-0.1, -0.05) is 42.5 Å². The van der Waals surface area contributed by atoms with Crippen LogP contribution < -0.4 is 16.2 Å². The number of alkyl halides is 3. The predicted octanol–water partition coefficient (Wildman–Crippen LogP) is 2.79. The molecule has 2 unspecified atom stereocenters. The van der Waals surface area contributed by atoms with Gasteiger partial charge in [0.1, 0.15) is 0 Å². The molecule has 25 heavy (non-hydrogen) atoms. The molecule has 1 amide bonds. The van der Waals surface area contributed by atoms with Crippen LogP contribution in [0.2, 0.25) is 0 Å². The summed E-state index contributed by atoms with van der Waals surface area (Å²) in [5, 5.41) is 2.80. The molecule has 2 aromatic carbocycles. The maximum Gasteiger partial charge on any atom is 0.416 e. The lowest BCUT2D eigenvalue weighted by Gasteiger charge is -2.18. The minimum Gasteiger partial charge on any atom is -0.352 e. The van der Waals surface area contributed by atoms with Crippen LogP contribution in [0.5, 0.6) is 0 Å². The number of rotatable bonds is 4. The lowest BCUT2D eigenvalue weighted by atomic mass is 9.94. The van der Waals surface area contributed by atoms with Crippen LogP contribution in [0.25, 0.3) is 0 Å². The van der Waals surface area contributed by atoms with Crippen LogP contribution in [0.15, 0.2) is 54.6 Å². The number of benzene rings is 2. The number of amides is 1. The molecule has 2 aromatic rings. The van der Waals surface area contributed by atoms with Gasteiger partial charge in [0.15, 0.2) is 0 Å². The average molecular weight is 349 g/mol. The molecule has 0 aromatic heterocycles. The van der Waals surface area contributed by atoms with E-state index in [-0.39, 0.29) is 24.4 Å². The molecule has 2 atom stereocenters. The lowest BCUT2D eigenvalue weighted by Crippen LogP contribution is -2.34. The first-order chi connectivity index (χ1) is 11.9. The molecule has 1 saturated heterocycles. The lowest BCUT2D eigenvalue weighted by molar-refractivity contribution is -0.137. The molecule has 0 spiro atoms. The standard InChI is InChI=1S/C18H18F3N3O/c19-18(20,21)14-8-6-12(7-9-14)10-22-17(25)15-11-23-24-16(15)13-4-2-1-3-5-13/h1-9,15-16,23-24H,10-11H2,(H,22,25). The molecule has 1 aliphatic rings. The number of hydrazine groups is 1. The van der Waals surface area contributed by atoms with E-state index in [2.05, 4.69) is 16.2 Å². The van der Waals surface area contributed by atoms with Crippen molar-refractivity contribution in [1.29, 1.82) is 0 Å². The topological polar surface area (TPSA) is 53.2 Å². The Bertz CT molecular complexity index is 717. The normalized spacial score (nSPS) is 20.4. The van der Waals surface area contributed by atoms with E-state index in [1.54, 1.807) is 0 Å². The third-order valence-corrected chi connectivity index (χ3v) is 4.23. The van der Waals surface area contributed by atoms with Crippen molar-refractivity contribution in [2.24, 2.45) is 5.92 Å². The van der Waals surface area contributed by atoms with Crippen LogP contribution in [-0.4, -0.2) is 12.5 Å². The molecule has 7 heteroatoms. The second-order valence-electron chi connectivity index (χ2n) is 5.93. The molecule has 3 N–H and O–H groups in total. The van der Waals surface area contributed by atoms with Crippen LogP contribution in [0, 0.1) is 5.92 Å². The maximum absolute atomic E-state index is 12.6. The SMILES string of the molecule is O=C(NCc1ccc(C(F)(F)F)cc1)C1CNNC1c1ccccc1. The molecular formula is C18H18F3N3O. The highest BCUT2D eigenvalue weighted by molar-refractivity contribution is 5.80. The van der Waals surface area contributed by atoms with Gasteiger partial charge in [-0.3, -0.25) is 10.2 Å². The molecule has 0 bridgehead atoms. The fourth-order valence-corrected chi connectivity index (χ4v) is 2.85. The van der Waals surface area contributed by atoms with Crippen molar-refractivity contribution >= 4 is 5.91 Å². The summed E-state index contributed by atoms with van der Waals surface area (Å²) in [4.78, 5) is 12.5. The Labute approximate surface area is 143 Å². The number of carbonyl (C=O) groups is 1. The molecular weight excluding hydrogens is 331 g/mol. The summed E-state index contributed by atoms with van der Waals surface area (Å²) in [5.74, 6) is -0.442. The number of hydrogen-bond donors (Lipinski definition) is 3. The Morgan fingerprint density at radius 1 is 1.08 bits per heavy atom. The van der Waals surface area contributed by atoms with E-state index in [0.717, 1.165) is 17.7 Å². The van der Waals surface area contributed by atoms with E-state index >= 15 is 0 Å². The van der Waals surface area contributed by atoms with Gasteiger partial charge in [0.05, 0.1) is 17.5 Å². The first-order valence-electron chi connectivity index (χ1n) is 7.92. The third kappa shape index (κ3) is 4.18. The second-order valence-corrected chi connectivity index (χ2v) is 5.93. The molecule has 0 saturated carbocycles. The minimum absolute atomic E-state index is 0.145. The second kappa shape index (κ2) is 7.25. The maximum atomic E-state index is 12.6. The largest absolute Gasteiger partial charge is 0.416 e. The summed E-state index contributed by atoms with van der Waals surface area (Å²) in [7, 11) is 0. The van der Waals surface area contributed by atoms with Crippen molar-refractivity contribution in [2.75, 3.05) is 6.54 Å². The van der Waals surface area contributed by atoms with Gasteiger partial charge in [-0.2, -0.15) is 13.2 Å². The number of carbonyl (C=O) groups excluding carboxylic acids is 1. The summed E-state index contributed by atoms with van der Waals surface area (Å²) in [6.07, 6.45) is -4.36. The van der Waals surface area contributed by atoms with Gasteiger partial charge in [-0.05, 0) is 23.3 Å². The Morgan fingerprint density at radius 3 is 2.40 bits per heavy atom. The third-order valence-electron chi connectivity index (χ3n) is 4.23. The highest BCUT2D eigenvalue weighted by atomic mass is 19.4. The van der Waals surface area contributed by atoms with Crippen molar-refractivity contribution in [1.82, 2.24) is 16.2 Å². The van der Waals surface area contributed by atoms with E-state index in [9.17, 15) is 18.0 Å². The molecule has 3 rings (SSSR count). The summed E-state index contributed by atoms with van der Waals surface area (Å²) in [6.45, 7) is 0.674. The molecule has 1 aliphatic heterocycles. The summed E-state index contributed by atoms with van der Waals surface area (Å²) < 4.78 is 37.7. The van der Waals surface area contributed by atoms with Crippen LogP contribution in [0.4, 0.5) is 13.2 Å². The van der Waals surface area contributed by atoms with E-state index in [0.29, 0.717) is 12.1 Å². The van der Waals surface area contributed by atoms with Gasteiger partial charge in [0.2, 0.25) is 5.91 Å². The van der Waals surface area contributed by atoms with Gasteiger partial charge in [0.25, 0.3) is 0 Å². The van der Waals surface area contributed by atoms with Gasteiger partial charge in [-0.15, -0.1) is 0 Å². The quantitative estimate of drug-likeness (QED) is 0.796. The molecule has 132 valence electrons. The first-order valence-corrected chi connectivity index (χ1v) is 7.92. The summed E-state index contributed by atoms with van der Waals surface area (Å²) >= 11 is 0. The van der Waals surface area contributed by atoms with E-state index in [4.69, 9.17) is 0 Å². The van der Waals surface area contributed by atoms with Crippen LogP contribution in [0.1, 0.15) is 22.7 Å². The molecule has 1 heterocycles. The minimum atomic E-state index is -4.36. The van der Waals surface area contributed by atoms with E-state index < -0.39 is 11.7 Å². The van der Waals surface area contributed by atoms with Crippen LogP contribution >= 0.6 is 0 Å². The molecule has 0 aliphatic carbocycles. The fraction of sp³-hybridized carbons (Fsp3) is 0.278. The van der Waals surface area contributed by atoms with E-state index in [1.165, 1.54) is 12.1 Å². The fourth-order valence-electron chi connectivity index (χ4n) is 2.85. The zero-order valence-electron chi connectivity index (χ0n) is 13.3. The average Bonchev–Trinajstić information content (AvgIpc) is 3.10. The van der Waals surface area contributed by atoms with Crippen molar-refractivity contribution in [3.05, 3.63) is 71.3 Å². The zero-order chi connectivity index (χ0) is 17.9.